The maximum atomic E-state index is 12.5. The number of nitrogens with zero attached hydrogens (tertiary/aromatic N) is 2. The molecule has 1 aromatic heterocycles. The Kier molecular flexibility index (Phi) is 2.69. The van der Waals surface area contributed by atoms with Crippen LogP contribution in [0, 0.1) is 6.92 Å². The average molecular weight is 240 g/mol. The summed E-state index contributed by atoms with van der Waals surface area (Å²) in [5, 5.41) is 0. The zero-order chi connectivity index (χ0) is 12.6. The molecule has 2 aromatic rings. The van der Waals surface area contributed by atoms with Crippen molar-refractivity contribution in [2.75, 3.05) is 0 Å². The lowest BCUT2D eigenvalue weighted by Gasteiger charge is -2.09. The van der Waals surface area contributed by atoms with Gasteiger partial charge in [-0.25, -0.2) is 4.98 Å². The first-order valence-corrected chi connectivity index (χ1v) is 5.04. The van der Waals surface area contributed by atoms with Crippen LogP contribution in [0.3, 0.4) is 0 Å². The lowest BCUT2D eigenvalue weighted by atomic mass is 10.0. The van der Waals surface area contributed by atoms with Crippen molar-refractivity contribution >= 4 is 0 Å². The van der Waals surface area contributed by atoms with Gasteiger partial charge in [0.1, 0.15) is 0 Å². The lowest BCUT2D eigenvalue weighted by molar-refractivity contribution is -0.137. The molecular formula is C12H11F3N2. The maximum absolute atomic E-state index is 12.5. The highest BCUT2D eigenvalue weighted by molar-refractivity contribution is 5.63. The first-order chi connectivity index (χ1) is 7.88. The Labute approximate surface area is 96.7 Å². The van der Waals surface area contributed by atoms with Gasteiger partial charge in [-0.15, -0.1) is 0 Å². The molecule has 1 aromatic carbocycles. The third-order valence-corrected chi connectivity index (χ3v) is 2.53. The summed E-state index contributed by atoms with van der Waals surface area (Å²) in [7, 11) is 1.82. The first-order valence-electron chi connectivity index (χ1n) is 5.04. The van der Waals surface area contributed by atoms with Crippen molar-refractivity contribution in [2.24, 2.45) is 7.05 Å². The normalized spacial score (nSPS) is 11.8. The number of alkyl halides is 3. The van der Waals surface area contributed by atoms with Crippen LogP contribution < -0.4 is 0 Å². The van der Waals surface area contributed by atoms with Crippen molar-refractivity contribution in [2.45, 2.75) is 13.1 Å². The van der Waals surface area contributed by atoms with E-state index in [4.69, 9.17) is 0 Å². The van der Waals surface area contributed by atoms with Crippen molar-refractivity contribution in [3.8, 4) is 11.3 Å². The summed E-state index contributed by atoms with van der Waals surface area (Å²) in [5.74, 6) is 0. The molecule has 1 heterocycles. The second kappa shape index (κ2) is 3.91. The molecular weight excluding hydrogens is 229 g/mol. The van der Waals surface area contributed by atoms with Crippen molar-refractivity contribution in [3.63, 3.8) is 0 Å². The maximum Gasteiger partial charge on any atom is 0.416 e. The number of hydrogen-bond donors (Lipinski definition) is 0. The Hall–Kier alpha value is -1.78. The minimum absolute atomic E-state index is 0.568. The molecule has 0 saturated heterocycles. The fraction of sp³-hybridized carbons (Fsp3) is 0.250. The molecule has 0 aliphatic rings. The Balaban J connectivity index is 2.45. The molecule has 0 N–H and O–H groups in total. The Morgan fingerprint density at radius 1 is 1.24 bits per heavy atom. The van der Waals surface area contributed by atoms with E-state index in [1.165, 1.54) is 6.07 Å². The van der Waals surface area contributed by atoms with Crippen LogP contribution in [0.5, 0.6) is 0 Å². The van der Waals surface area contributed by atoms with E-state index in [9.17, 15) is 13.2 Å². The average Bonchev–Trinajstić information content (AvgIpc) is 2.63. The van der Waals surface area contributed by atoms with Gasteiger partial charge in [0.2, 0.25) is 0 Å². The van der Waals surface area contributed by atoms with Crippen molar-refractivity contribution in [1.82, 2.24) is 9.55 Å². The van der Waals surface area contributed by atoms with E-state index < -0.39 is 11.7 Å². The van der Waals surface area contributed by atoms with Crippen molar-refractivity contribution in [3.05, 3.63) is 41.9 Å². The number of benzene rings is 1. The smallest absolute Gasteiger partial charge is 0.340 e. The molecule has 0 radical (unpaired) electrons. The molecule has 17 heavy (non-hydrogen) atoms. The molecule has 5 heteroatoms. The van der Waals surface area contributed by atoms with Crippen LogP contribution in [0.15, 0.2) is 30.7 Å². The third kappa shape index (κ3) is 2.33. The van der Waals surface area contributed by atoms with Gasteiger partial charge in [0.25, 0.3) is 0 Å². The SMILES string of the molecule is Cc1cc(C(F)(F)F)ccc1-c1cn(C)cn1. The first kappa shape index (κ1) is 11.7. The molecule has 0 unspecified atom stereocenters. The zero-order valence-electron chi connectivity index (χ0n) is 9.42. The quantitative estimate of drug-likeness (QED) is 0.746. The molecule has 0 aliphatic carbocycles. The van der Waals surface area contributed by atoms with E-state index in [0.29, 0.717) is 11.3 Å². The van der Waals surface area contributed by atoms with Crippen LogP contribution in [-0.4, -0.2) is 9.55 Å². The van der Waals surface area contributed by atoms with Crippen LogP contribution in [0.2, 0.25) is 0 Å². The van der Waals surface area contributed by atoms with E-state index in [2.05, 4.69) is 4.98 Å². The number of rotatable bonds is 1. The van der Waals surface area contributed by atoms with E-state index in [1.807, 2.05) is 7.05 Å². The molecule has 0 spiro atoms. The molecule has 0 atom stereocenters. The van der Waals surface area contributed by atoms with Gasteiger partial charge in [0, 0.05) is 18.8 Å². The van der Waals surface area contributed by atoms with Crippen LogP contribution in [0.4, 0.5) is 13.2 Å². The summed E-state index contributed by atoms with van der Waals surface area (Å²) in [6.45, 7) is 1.65. The number of imidazole rings is 1. The van der Waals surface area contributed by atoms with Gasteiger partial charge in [-0.3, -0.25) is 0 Å². The van der Waals surface area contributed by atoms with Crippen molar-refractivity contribution in [1.29, 1.82) is 0 Å². The molecule has 2 rings (SSSR count). The Morgan fingerprint density at radius 2 is 1.94 bits per heavy atom. The van der Waals surface area contributed by atoms with Gasteiger partial charge < -0.3 is 4.57 Å². The largest absolute Gasteiger partial charge is 0.416 e. The summed E-state index contributed by atoms with van der Waals surface area (Å²) in [6, 6.07) is 3.68. The van der Waals surface area contributed by atoms with Crippen molar-refractivity contribution < 1.29 is 13.2 Å². The highest BCUT2D eigenvalue weighted by Crippen LogP contribution is 2.32. The summed E-state index contributed by atoms with van der Waals surface area (Å²) >= 11 is 0. The van der Waals surface area contributed by atoms with E-state index in [1.54, 1.807) is 24.0 Å². The minimum Gasteiger partial charge on any atom is -0.340 e. The Bertz CT molecular complexity index is 541. The van der Waals surface area contributed by atoms with Gasteiger partial charge >= 0.3 is 6.18 Å². The number of aryl methyl sites for hydroxylation is 2. The van der Waals surface area contributed by atoms with Gasteiger partial charge in [0.05, 0.1) is 17.6 Å². The lowest BCUT2D eigenvalue weighted by Crippen LogP contribution is -2.05. The van der Waals surface area contributed by atoms with Crippen LogP contribution in [-0.2, 0) is 13.2 Å². The topological polar surface area (TPSA) is 17.8 Å². The highest BCUT2D eigenvalue weighted by Gasteiger charge is 2.30. The summed E-state index contributed by atoms with van der Waals surface area (Å²) in [6.07, 6.45) is -0.907. The standard InChI is InChI=1S/C12H11F3N2/c1-8-5-9(12(13,14)15)3-4-10(8)11-6-17(2)7-16-11/h3-7H,1-2H3. The summed E-state index contributed by atoms with van der Waals surface area (Å²) in [5.41, 5.74) is 1.34. The van der Waals surface area contributed by atoms with E-state index in [0.717, 1.165) is 17.7 Å². The van der Waals surface area contributed by atoms with Crippen LogP contribution in [0.25, 0.3) is 11.3 Å². The molecule has 2 nitrogen and oxygen atoms in total. The molecule has 0 amide bonds. The zero-order valence-corrected chi connectivity index (χ0v) is 9.42. The summed E-state index contributed by atoms with van der Waals surface area (Å²) in [4.78, 5) is 4.12. The van der Waals surface area contributed by atoms with Crippen LogP contribution in [0.1, 0.15) is 11.1 Å². The number of halogens is 3. The molecule has 90 valence electrons. The number of aromatic nitrogens is 2. The second-order valence-corrected chi connectivity index (χ2v) is 3.95. The highest BCUT2D eigenvalue weighted by atomic mass is 19.4. The third-order valence-electron chi connectivity index (χ3n) is 2.53. The fourth-order valence-corrected chi connectivity index (χ4v) is 1.68. The second-order valence-electron chi connectivity index (χ2n) is 3.95. The van der Waals surface area contributed by atoms with Crippen LogP contribution >= 0.6 is 0 Å². The fourth-order valence-electron chi connectivity index (χ4n) is 1.68. The number of hydrogen-bond acceptors (Lipinski definition) is 1. The molecule has 0 aliphatic heterocycles. The van der Waals surface area contributed by atoms with Gasteiger partial charge in [-0.1, -0.05) is 6.07 Å². The minimum atomic E-state index is -4.30. The van der Waals surface area contributed by atoms with E-state index >= 15 is 0 Å². The molecule has 0 fully saturated rings. The predicted molar refractivity (Wildman–Crippen MR) is 58.4 cm³/mol. The van der Waals surface area contributed by atoms with E-state index in [-0.39, 0.29) is 0 Å². The summed E-state index contributed by atoms with van der Waals surface area (Å²) < 4.78 is 39.2. The predicted octanol–water partition coefficient (Wildman–Crippen LogP) is 3.41. The molecule has 0 bridgehead atoms. The monoisotopic (exact) mass is 240 g/mol. The van der Waals surface area contributed by atoms with Gasteiger partial charge in [0.15, 0.2) is 0 Å². The van der Waals surface area contributed by atoms with Gasteiger partial charge in [-0.2, -0.15) is 13.2 Å². The molecule has 0 saturated carbocycles. The Morgan fingerprint density at radius 3 is 2.41 bits per heavy atom. The van der Waals surface area contributed by atoms with Gasteiger partial charge in [-0.05, 0) is 24.6 Å².